The molecule has 1 saturated heterocycles. The van der Waals surface area contributed by atoms with Gasteiger partial charge in [0.2, 0.25) is 0 Å². The fourth-order valence-corrected chi connectivity index (χ4v) is 2.78. The van der Waals surface area contributed by atoms with Crippen LogP contribution in [0.15, 0.2) is 54.6 Å². The van der Waals surface area contributed by atoms with Crippen molar-refractivity contribution in [2.75, 3.05) is 32.8 Å². The first-order valence-electron chi connectivity index (χ1n) is 8.16. The van der Waals surface area contributed by atoms with Crippen molar-refractivity contribution in [1.29, 1.82) is 0 Å². The Bertz CT molecular complexity index is 650. The number of benzene rings is 2. The highest BCUT2D eigenvalue weighted by Gasteiger charge is 2.21. The minimum atomic E-state index is 0.00226. The summed E-state index contributed by atoms with van der Waals surface area (Å²) in [6.45, 7) is 4.16. The van der Waals surface area contributed by atoms with Gasteiger partial charge < -0.3 is 14.7 Å². The van der Waals surface area contributed by atoms with Gasteiger partial charge in [-0.05, 0) is 29.8 Å². The van der Waals surface area contributed by atoms with Gasteiger partial charge in [0.05, 0.1) is 0 Å². The molecule has 3 rings (SSSR count). The number of nitrogens with zero attached hydrogens (tertiary/aromatic N) is 2. The molecule has 0 aromatic heterocycles. The Labute approximate surface area is 142 Å². The molecule has 1 aliphatic heterocycles. The quantitative estimate of drug-likeness (QED) is 0.914. The van der Waals surface area contributed by atoms with E-state index in [0.717, 1.165) is 32.7 Å². The van der Waals surface area contributed by atoms with Crippen molar-refractivity contribution in [2.45, 2.75) is 6.54 Å². The number of amides is 1. The molecule has 0 aliphatic carbocycles. The smallest absolute Gasteiger partial charge is 0.260 e. The van der Waals surface area contributed by atoms with Crippen LogP contribution >= 0.6 is 0 Å². The Morgan fingerprint density at radius 2 is 1.62 bits per heavy atom. The Hall–Kier alpha value is -2.53. The van der Waals surface area contributed by atoms with Crippen LogP contribution in [-0.2, 0) is 11.3 Å². The van der Waals surface area contributed by atoms with Crippen molar-refractivity contribution < 1.29 is 14.6 Å². The first-order chi connectivity index (χ1) is 11.7. The Morgan fingerprint density at radius 3 is 2.29 bits per heavy atom. The van der Waals surface area contributed by atoms with Crippen LogP contribution in [0.25, 0.3) is 0 Å². The zero-order valence-corrected chi connectivity index (χ0v) is 13.6. The average molecular weight is 326 g/mol. The molecule has 1 aliphatic rings. The van der Waals surface area contributed by atoms with Crippen LogP contribution in [0.1, 0.15) is 5.56 Å². The molecular weight excluding hydrogens is 304 g/mol. The highest BCUT2D eigenvalue weighted by atomic mass is 16.5. The van der Waals surface area contributed by atoms with Gasteiger partial charge in [0.15, 0.2) is 6.61 Å². The second-order valence-corrected chi connectivity index (χ2v) is 5.93. The van der Waals surface area contributed by atoms with E-state index in [2.05, 4.69) is 29.2 Å². The molecule has 0 radical (unpaired) electrons. The molecule has 0 atom stereocenters. The third-order valence-corrected chi connectivity index (χ3v) is 4.17. The van der Waals surface area contributed by atoms with Gasteiger partial charge in [-0.25, -0.2) is 0 Å². The molecule has 1 amide bonds. The van der Waals surface area contributed by atoms with Crippen LogP contribution in [0.5, 0.6) is 11.5 Å². The second-order valence-electron chi connectivity index (χ2n) is 5.93. The minimum absolute atomic E-state index is 0.00226. The Balaban J connectivity index is 1.42. The molecule has 1 heterocycles. The molecule has 0 saturated carbocycles. The van der Waals surface area contributed by atoms with Gasteiger partial charge in [0.1, 0.15) is 11.5 Å². The molecule has 2 aromatic carbocycles. The maximum absolute atomic E-state index is 12.2. The maximum atomic E-state index is 12.2. The minimum Gasteiger partial charge on any atom is -0.508 e. The predicted octanol–water partition coefficient (Wildman–Crippen LogP) is 2.12. The third kappa shape index (κ3) is 4.49. The van der Waals surface area contributed by atoms with Gasteiger partial charge in [-0.3, -0.25) is 9.69 Å². The molecular formula is C19H22N2O3. The number of phenols is 1. The summed E-state index contributed by atoms with van der Waals surface area (Å²) >= 11 is 0. The number of carbonyl (C=O) groups is 1. The average Bonchev–Trinajstić information content (AvgIpc) is 2.62. The van der Waals surface area contributed by atoms with Crippen molar-refractivity contribution in [3.63, 3.8) is 0 Å². The molecule has 126 valence electrons. The van der Waals surface area contributed by atoms with E-state index in [1.54, 1.807) is 24.3 Å². The van der Waals surface area contributed by atoms with Gasteiger partial charge in [-0.15, -0.1) is 0 Å². The van der Waals surface area contributed by atoms with Gasteiger partial charge in [0.25, 0.3) is 5.91 Å². The van der Waals surface area contributed by atoms with Crippen molar-refractivity contribution in [3.8, 4) is 11.5 Å². The number of phenolic OH excluding ortho intramolecular Hbond substituents is 1. The van der Waals surface area contributed by atoms with Crippen LogP contribution in [0.3, 0.4) is 0 Å². The van der Waals surface area contributed by atoms with Crippen LogP contribution in [0.2, 0.25) is 0 Å². The largest absolute Gasteiger partial charge is 0.508 e. The zero-order chi connectivity index (χ0) is 16.8. The van der Waals surface area contributed by atoms with Crippen LogP contribution in [-0.4, -0.2) is 53.6 Å². The predicted molar refractivity (Wildman–Crippen MR) is 91.9 cm³/mol. The van der Waals surface area contributed by atoms with E-state index in [1.807, 2.05) is 11.0 Å². The Kier molecular flexibility index (Phi) is 5.33. The van der Waals surface area contributed by atoms with Crippen molar-refractivity contribution in [3.05, 3.63) is 60.2 Å². The van der Waals surface area contributed by atoms with Gasteiger partial charge in [-0.2, -0.15) is 0 Å². The molecule has 5 heteroatoms. The van der Waals surface area contributed by atoms with Gasteiger partial charge in [0, 0.05) is 32.7 Å². The molecule has 24 heavy (non-hydrogen) atoms. The fourth-order valence-electron chi connectivity index (χ4n) is 2.78. The zero-order valence-electron chi connectivity index (χ0n) is 13.6. The van der Waals surface area contributed by atoms with Crippen LogP contribution < -0.4 is 4.74 Å². The SMILES string of the molecule is O=C(COc1ccc(O)cc1)N1CCN(Cc2ccccc2)CC1. The van der Waals surface area contributed by atoms with E-state index in [0.29, 0.717) is 5.75 Å². The van der Waals surface area contributed by atoms with Gasteiger partial charge in [-0.1, -0.05) is 30.3 Å². The molecule has 0 spiro atoms. The number of rotatable bonds is 5. The highest BCUT2D eigenvalue weighted by molar-refractivity contribution is 5.77. The molecule has 1 fully saturated rings. The van der Waals surface area contributed by atoms with E-state index in [4.69, 9.17) is 4.74 Å². The first kappa shape index (κ1) is 16.3. The molecule has 2 aromatic rings. The summed E-state index contributed by atoms with van der Waals surface area (Å²) < 4.78 is 5.48. The normalized spacial score (nSPS) is 15.2. The maximum Gasteiger partial charge on any atom is 0.260 e. The first-order valence-corrected chi connectivity index (χ1v) is 8.16. The third-order valence-electron chi connectivity index (χ3n) is 4.17. The van der Waals surface area contributed by atoms with Crippen molar-refractivity contribution in [2.24, 2.45) is 0 Å². The van der Waals surface area contributed by atoms with Gasteiger partial charge >= 0.3 is 0 Å². The topological polar surface area (TPSA) is 53.0 Å². The molecule has 0 bridgehead atoms. The van der Waals surface area contributed by atoms with E-state index in [9.17, 15) is 9.90 Å². The second kappa shape index (κ2) is 7.84. The van der Waals surface area contributed by atoms with Crippen molar-refractivity contribution >= 4 is 5.91 Å². The number of hydrogen-bond acceptors (Lipinski definition) is 4. The lowest BCUT2D eigenvalue weighted by molar-refractivity contribution is -0.135. The molecule has 5 nitrogen and oxygen atoms in total. The van der Waals surface area contributed by atoms with E-state index in [1.165, 1.54) is 5.56 Å². The number of piperazine rings is 1. The number of ether oxygens (including phenoxy) is 1. The number of aromatic hydroxyl groups is 1. The van der Waals surface area contributed by atoms with Crippen LogP contribution in [0, 0.1) is 0 Å². The number of hydrogen-bond donors (Lipinski definition) is 1. The fraction of sp³-hybridized carbons (Fsp3) is 0.316. The van der Waals surface area contributed by atoms with E-state index >= 15 is 0 Å². The summed E-state index contributed by atoms with van der Waals surface area (Å²) in [5.41, 5.74) is 1.30. The summed E-state index contributed by atoms with van der Waals surface area (Å²) in [6.07, 6.45) is 0. The van der Waals surface area contributed by atoms with Crippen LogP contribution in [0.4, 0.5) is 0 Å². The summed E-state index contributed by atoms with van der Waals surface area (Å²) in [4.78, 5) is 16.4. The molecule has 1 N–H and O–H groups in total. The summed E-state index contributed by atoms with van der Waals surface area (Å²) in [7, 11) is 0. The monoisotopic (exact) mass is 326 g/mol. The molecule has 0 unspecified atom stereocenters. The Morgan fingerprint density at radius 1 is 0.958 bits per heavy atom. The van der Waals surface area contributed by atoms with E-state index in [-0.39, 0.29) is 18.3 Å². The van der Waals surface area contributed by atoms with E-state index < -0.39 is 0 Å². The lowest BCUT2D eigenvalue weighted by atomic mass is 10.2. The summed E-state index contributed by atoms with van der Waals surface area (Å²) in [5, 5.41) is 9.23. The standard InChI is InChI=1S/C19H22N2O3/c22-17-6-8-18(9-7-17)24-15-19(23)21-12-10-20(11-13-21)14-16-4-2-1-3-5-16/h1-9,22H,10-15H2. The highest BCUT2D eigenvalue weighted by Crippen LogP contribution is 2.16. The summed E-state index contributed by atoms with van der Waals surface area (Å²) in [5.74, 6) is 0.773. The summed E-state index contributed by atoms with van der Waals surface area (Å²) in [6, 6.07) is 16.8. The number of carbonyl (C=O) groups excluding carboxylic acids is 1. The lowest BCUT2D eigenvalue weighted by Crippen LogP contribution is -2.49. The lowest BCUT2D eigenvalue weighted by Gasteiger charge is -2.34. The van der Waals surface area contributed by atoms with Crippen molar-refractivity contribution in [1.82, 2.24) is 9.80 Å².